The number of alkyl halides is 6. The maximum atomic E-state index is 12.1. The van der Waals surface area contributed by atoms with Crippen molar-refractivity contribution in [2.75, 3.05) is 22.1 Å². The summed E-state index contributed by atoms with van der Waals surface area (Å²) in [4.78, 5) is 0. The molecule has 0 fully saturated rings. The van der Waals surface area contributed by atoms with Crippen LogP contribution in [0.4, 0.5) is 49.1 Å². The number of hydrogen-bond donors (Lipinski definition) is 4. The molecule has 6 N–H and O–H groups in total. The van der Waals surface area contributed by atoms with Gasteiger partial charge < -0.3 is 11.5 Å². The fourth-order valence-electron chi connectivity index (χ4n) is 4.10. The number of aryl methyl sites for hydroxylation is 4. The molecule has 0 radical (unpaired) electrons. The van der Waals surface area contributed by atoms with Crippen LogP contribution in [0.2, 0.25) is 0 Å². The molecule has 0 atom stereocenters. The minimum Gasteiger partial charge on any atom is -0.398 e. The molecule has 0 saturated carbocycles. The molecule has 212 valence electrons. The summed E-state index contributed by atoms with van der Waals surface area (Å²) in [6.45, 7) is 8.18. The summed E-state index contributed by atoms with van der Waals surface area (Å²) < 4.78 is 72.8. The first-order valence-electron chi connectivity index (χ1n) is 12.2. The third kappa shape index (κ3) is 8.33. The van der Waals surface area contributed by atoms with Gasteiger partial charge in [-0.3, -0.25) is 10.6 Å². The molecule has 0 aliphatic rings. The lowest BCUT2D eigenvalue weighted by atomic mass is 9.95. The Morgan fingerprint density at radius 3 is 0.925 bits per heavy atom. The maximum absolute atomic E-state index is 12.1. The van der Waals surface area contributed by atoms with Crippen molar-refractivity contribution in [2.45, 2.75) is 40.3 Å². The molecular formula is C30H30F6N4. The zero-order valence-electron chi connectivity index (χ0n) is 22.4. The minimum absolute atomic E-state index is 0.119. The van der Waals surface area contributed by atoms with Crippen LogP contribution in [0.1, 0.15) is 22.3 Å². The molecule has 4 nitrogen and oxygen atoms in total. The molecule has 10 heteroatoms. The maximum Gasteiger partial charge on any atom is 0.482 e. The summed E-state index contributed by atoms with van der Waals surface area (Å²) in [5.41, 5.74) is 21.6. The molecule has 4 aromatic carbocycles. The van der Waals surface area contributed by atoms with Gasteiger partial charge >= 0.3 is 12.6 Å². The predicted octanol–water partition coefficient (Wildman–Crippen LogP) is 8.97. The van der Waals surface area contributed by atoms with Gasteiger partial charge in [0.25, 0.3) is 0 Å². The van der Waals surface area contributed by atoms with Crippen molar-refractivity contribution in [3.05, 3.63) is 95.1 Å². The lowest BCUT2D eigenvalue weighted by Crippen LogP contribution is -2.20. The van der Waals surface area contributed by atoms with E-state index in [1.54, 1.807) is 0 Å². The number of benzene rings is 4. The van der Waals surface area contributed by atoms with Crippen LogP contribution in [0.15, 0.2) is 72.8 Å². The summed E-state index contributed by atoms with van der Waals surface area (Å²) in [5.74, 6) is 0. The fraction of sp³-hybridized carbons (Fsp3) is 0.200. The van der Waals surface area contributed by atoms with Gasteiger partial charge in [0.05, 0.1) is 0 Å². The topological polar surface area (TPSA) is 76.1 Å². The van der Waals surface area contributed by atoms with Gasteiger partial charge in [-0.1, -0.05) is 24.3 Å². The smallest absolute Gasteiger partial charge is 0.398 e. The van der Waals surface area contributed by atoms with Crippen LogP contribution in [-0.4, -0.2) is 12.6 Å². The van der Waals surface area contributed by atoms with E-state index in [2.05, 4.69) is 24.3 Å². The van der Waals surface area contributed by atoms with Gasteiger partial charge in [-0.2, -0.15) is 26.3 Å². The molecule has 0 aliphatic carbocycles. The largest absolute Gasteiger partial charge is 0.482 e. The molecule has 0 saturated heterocycles. The lowest BCUT2D eigenvalue weighted by molar-refractivity contribution is -0.101. The van der Waals surface area contributed by atoms with Crippen LogP contribution >= 0.6 is 0 Å². The Hall–Kier alpha value is -4.34. The van der Waals surface area contributed by atoms with Crippen LogP contribution < -0.4 is 22.1 Å². The highest BCUT2D eigenvalue weighted by Crippen LogP contribution is 2.31. The molecule has 0 bridgehead atoms. The zero-order chi connectivity index (χ0) is 29.8. The highest BCUT2D eigenvalue weighted by atomic mass is 19.4. The second-order valence-corrected chi connectivity index (χ2v) is 9.45. The van der Waals surface area contributed by atoms with Gasteiger partial charge in [0.15, 0.2) is 0 Å². The van der Waals surface area contributed by atoms with E-state index in [1.807, 2.05) is 27.7 Å². The Balaban J connectivity index is 0.000000225. The average molecular weight is 561 g/mol. The number of anilines is 4. The summed E-state index contributed by atoms with van der Waals surface area (Å²) in [6.07, 6.45) is -9.04. The van der Waals surface area contributed by atoms with Crippen molar-refractivity contribution in [1.82, 2.24) is 0 Å². The van der Waals surface area contributed by atoms with Gasteiger partial charge in [-0.25, -0.2) is 0 Å². The van der Waals surface area contributed by atoms with Crippen molar-refractivity contribution < 1.29 is 26.3 Å². The molecule has 0 amide bonds. The first-order valence-corrected chi connectivity index (χ1v) is 12.2. The molecule has 4 aromatic rings. The molecule has 4 rings (SSSR count). The summed E-state index contributed by atoms with van der Waals surface area (Å²) in [6, 6.07) is 19.3. The van der Waals surface area contributed by atoms with Crippen molar-refractivity contribution >= 4 is 22.7 Å². The van der Waals surface area contributed by atoms with Crippen molar-refractivity contribution in [3.63, 3.8) is 0 Å². The van der Waals surface area contributed by atoms with E-state index in [4.69, 9.17) is 11.5 Å². The van der Waals surface area contributed by atoms with Gasteiger partial charge in [0.1, 0.15) is 0 Å². The van der Waals surface area contributed by atoms with Gasteiger partial charge in [-0.05, 0) is 121 Å². The SMILES string of the molecule is Cc1cc(-c2cc(C)c(N)c(C)c2)cc(C)c1N.FC(F)(F)Nc1ccc(-c2ccc(NC(F)(F)F)cc2)cc1. The Kier molecular flexibility index (Phi) is 8.92. The summed E-state index contributed by atoms with van der Waals surface area (Å²) in [5, 5.41) is 2.72. The Labute approximate surface area is 229 Å². The van der Waals surface area contributed by atoms with Gasteiger partial charge in [0.2, 0.25) is 0 Å². The number of hydrogen-bond acceptors (Lipinski definition) is 4. The lowest BCUT2D eigenvalue weighted by Gasteiger charge is -2.12. The fourth-order valence-corrected chi connectivity index (χ4v) is 4.10. The molecule has 0 aromatic heterocycles. The van der Waals surface area contributed by atoms with Crippen molar-refractivity contribution in [3.8, 4) is 22.3 Å². The Morgan fingerprint density at radius 1 is 0.450 bits per heavy atom. The van der Waals surface area contributed by atoms with E-state index < -0.39 is 12.6 Å². The van der Waals surface area contributed by atoms with Crippen molar-refractivity contribution in [2.24, 2.45) is 0 Å². The first-order chi connectivity index (χ1) is 18.5. The molecule has 40 heavy (non-hydrogen) atoms. The molecule has 0 aliphatic heterocycles. The molecular weight excluding hydrogens is 530 g/mol. The van der Waals surface area contributed by atoms with E-state index in [0.717, 1.165) is 33.6 Å². The number of rotatable bonds is 4. The van der Waals surface area contributed by atoms with Crippen LogP contribution in [0.3, 0.4) is 0 Å². The normalized spacial score (nSPS) is 11.4. The van der Waals surface area contributed by atoms with E-state index in [9.17, 15) is 26.3 Å². The minimum atomic E-state index is -4.52. The van der Waals surface area contributed by atoms with Crippen LogP contribution in [0, 0.1) is 27.7 Å². The second-order valence-electron chi connectivity index (χ2n) is 9.45. The molecule has 0 heterocycles. The Morgan fingerprint density at radius 2 is 0.700 bits per heavy atom. The predicted molar refractivity (Wildman–Crippen MR) is 151 cm³/mol. The van der Waals surface area contributed by atoms with E-state index in [1.165, 1.54) is 70.3 Å². The number of halogens is 6. The van der Waals surface area contributed by atoms with Crippen LogP contribution in [0.5, 0.6) is 0 Å². The van der Waals surface area contributed by atoms with E-state index >= 15 is 0 Å². The standard InChI is InChI=1S/C16H20N2.C14H10F6N2/c1-9-5-13(6-10(2)15(9)17)14-7-11(3)16(18)12(4)8-14;15-13(16,17)21-11-5-1-9(2-6-11)10-3-7-12(8-4-10)22-14(18,19)20/h5-8H,17-18H2,1-4H3;1-8,21-22H. The van der Waals surface area contributed by atoms with Crippen LogP contribution in [0.25, 0.3) is 22.3 Å². The third-order valence-corrected chi connectivity index (χ3v) is 6.20. The number of nitrogen functional groups attached to an aromatic ring is 2. The molecule has 0 spiro atoms. The quantitative estimate of drug-likeness (QED) is 0.114. The average Bonchev–Trinajstić information content (AvgIpc) is 2.85. The first kappa shape index (κ1) is 30.2. The Bertz CT molecular complexity index is 1300. The molecule has 0 unspecified atom stereocenters. The van der Waals surface area contributed by atoms with Gasteiger partial charge in [-0.15, -0.1) is 0 Å². The third-order valence-electron chi connectivity index (χ3n) is 6.20. The number of nitrogens with one attached hydrogen (secondary N) is 2. The highest BCUT2D eigenvalue weighted by molar-refractivity contribution is 5.74. The van der Waals surface area contributed by atoms with E-state index in [-0.39, 0.29) is 11.4 Å². The zero-order valence-corrected chi connectivity index (χ0v) is 22.4. The monoisotopic (exact) mass is 560 g/mol. The summed E-state index contributed by atoms with van der Waals surface area (Å²) in [7, 11) is 0. The van der Waals surface area contributed by atoms with Crippen molar-refractivity contribution in [1.29, 1.82) is 0 Å². The van der Waals surface area contributed by atoms with Crippen LogP contribution in [-0.2, 0) is 0 Å². The highest BCUT2D eigenvalue weighted by Gasteiger charge is 2.27. The van der Waals surface area contributed by atoms with E-state index in [0.29, 0.717) is 11.1 Å². The van der Waals surface area contributed by atoms with Gasteiger partial charge in [0, 0.05) is 22.7 Å². The number of nitrogens with two attached hydrogens (primary N) is 2. The summed E-state index contributed by atoms with van der Waals surface area (Å²) >= 11 is 0. The second kappa shape index (κ2) is 11.8.